The van der Waals surface area contributed by atoms with Crippen molar-refractivity contribution in [1.82, 2.24) is 0 Å². The first-order valence-electron chi connectivity index (χ1n) is 18.5. The lowest BCUT2D eigenvalue weighted by Gasteiger charge is -2.25. The van der Waals surface area contributed by atoms with Gasteiger partial charge in [0, 0.05) is 26.0 Å². The van der Waals surface area contributed by atoms with E-state index < -0.39 is 0 Å². The molecule has 0 spiro atoms. The molecule has 1 aliphatic heterocycles. The molecule has 52 heavy (non-hydrogen) atoms. The summed E-state index contributed by atoms with van der Waals surface area (Å²) in [7, 11) is 0. The summed E-state index contributed by atoms with van der Waals surface area (Å²) in [5.74, 6) is 0. The maximum absolute atomic E-state index is 2.44. The minimum atomic E-state index is -0.0175. The zero-order chi connectivity index (χ0) is 35.1. The van der Waals surface area contributed by atoms with E-state index in [1.54, 1.807) is 0 Å². The topological polar surface area (TPSA) is 0 Å². The van der Waals surface area contributed by atoms with Crippen molar-refractivity contribution in [2.45, 2.75) is 55.2 Å². The first-order chi connectivity index (χ1) is 25.2. The minimum absolute atomic E-state index is 0.0134. The van der Waals surface area contributed by atoms with Crippen LogP contribution in [0.5, 0.6) is 0 Å². The lowest BCUT2D eigenvalue weighted by atomic mass is 9.81. The monoisotopic (exact) mass is 682 g/mol. The van der Waals surface area contributed by atoms with Gasteiger partial charge in [-0.1, -0.05) is 149 Å². The fraction of sp³-hybridized carbons (Fsp3) is 0.137. The molecule has 0 radical (unpaired) electrons. The van der Waals surface area contributed by atoms with E-state index in [4.69, 9.17) is 0 Å². The van der Waals surface area contributed by atoms with Crippen LogP contribution in [0.2, 0.25) is 0 Å². The molecule has 0 N–H and O–H groups in total. The van der Waals surface area contributed by atoms with Crippen LogP contribution in [0.15, 0.2) is 149 Å². The van der Waals surface area contributed by atoms with E-state index in [0.29, 0.717) is 0 Å². The van der Waals surface area contributed by atoms with Gasteiger partial charge in [-0.15, -0.1) is 0 Å². The van der Waals surface area contributed by atoms with Gasteiger partial charge >= 0.3 is 0 Å². The molecule has 8 aromatic rings. The summed E-state index contributed by atoms with van der Waals surface area (Å²) in [6.07, 6.45) is 0. The summed E-state index contributed by atoms with van der Waals surface area (Å²) in [5, 5.41) is 5.39. The second-order valence-electron chi connectivity index (χ2n) is 16.1. The summed E-state index contributed by atoms with van der Waals surface area (Å²) in [6, 6.07) is 53.2. The van der Waals surface area contributed by atoms with Gasteiger partial charge in [-0.2, -0.15) is 0 Å². The molecule has 1 heterocycles. The summed E-state index contributed by atoms with van der Waals surface area (Å²) >= 11 is 1.92. The molecular weight excluding hydrogens is 645 g/mol. The summed E-state index contributed by atoms with van der Waals surface area (Å²) in [6.45, 7) is 11.8. The molecule has 0 nitrogen and oxygen atoms in total. The Morgan fingerprint density at radius 2 is 0.904 bits per heavy atom. The molecule has 11 rings (SSSR count). The average molecular weight is 683 g/mol. The maximum Gasteiger partial charge on any atom is 0.0207 e. The molecule has 0 atom stereocenters. The number of aryl methyl sites for hydroxylation is 1. The van der Waals surface area contributed by atoms with Gasteiger partial charge in [0.25, 0.3) is 0 Å². The van der Waals surface area contributed by atoms with E-state index in [2.05, 4.69) is 174 Å². The van der Waals surface area contributed by atoms with Gasteiger partial charge in [-0.25, -0.2) is 0 Å². The normalized spacial score (nSPS) is 15.2. The second kappa shape index (κ2) is 10.4. The molecule has 0 aromatic heterocycles. The van der Waals surface area contributed by atoms with Gasteiger partial charge in [0.15, 0.2) is 0 Å². The van der Waals surface area contributed by atoms with Crippen LogP contribution in [-0.4, -0.2) is 0 Å². The van der Waals surface area contributed by atoms with Crippen molar-refractivity contribution in [2.75, 3.05) is 0 Å². The van der Waals surface area contributed by atoms with Crippen LogP contribution in [0.1, 0.15) is 55.5 Å². The standard InChI is InChI=1S/C51H38S/c1-29-34-21-17-30(31-18-22-37-35-11-6-8-14-42(35)50(2,3)44(37)26-31)25-41(34)39-13-10-16-46-49(39)48(29)40-24-20-33(28-47(40)52-46)32-19-23-38-36-12-7-9-15-43(36)51(4,5)45(38)27-32/h6-28H,1-5H3. The third-order valence-corrected chi connectivity index (χ3v) is 13.8. The smallest absolute Gasteiger partial charge is 0.0207 e. The van der Waals surface area contributed by atoms with Crippen molar-refractivity contribution in [3.05, 3.63) is 167 Å². The molecule has 0 fully saturated rings. The molecule has 2 aliphatic carbocycles. The van der Waals surface area contributed by atoms with E-state index in [-0.39, 0.29) is 10.8 Å². The van der Waals surface area contributed by atoms with Gasteiger partial charge in [0.2, 0.25) is 0 Å². The highest BCUT2D eigenvalue weighted by atomic mass is 32.2. The Kier molecular flexibility index (Phi) is 6.04. The maximum atomic E-state index is 2.44. The van der Waals surface area contributed by atoms with Crippen molar-refractivity contribution in [3.63, 3.8) is 0 Å². The summed E-state index contributed by atoms with van der Waals surface area (Å²) in [4.78, 5) is 2.68. The van der Waals surface area contributed by atoms with Gasteiger partial charge < -0.3 is 0 Å². The second-order valence-corrected chi connectivity index (χ2v) is 17.2. The van der Waals surface area contributed by atoms with E-state index in [9.17, 15) is 0 Å². The van der Waals surface area contributed by atoms with Crippen molar-refractivity contribution in [3.8, 4) is 55.6 Å². The molecule has 0 amide bonds. The Hall–Kier alpha value is -5.37. The van der Waals surface area contributed by atoms with Crippen molar-refractivity contribution >= 4 is 33.3 Å². The molecule has 0 unspecified atom stereocenters. The van der Waals surface area contributed by atoms with Crippen LogP contribution < -0.4 is 0 Å². The number of fused-ring (bicyclic) bond motifs is 10. The lowest BCUT2D eigenvalue weighted by molar-refractivity contribution is 0.660. The zero-order valence-electron chi connectivity index (χ0n) is 30.2. The molecule has 0 saturated carbocycles. The Labute approximate surface area is 310 Å². The Morgan fingerprint density at radius 3 is 1.54 bits per heavy atom. The van der Waals surface area contributed by atoms with E-state index >= 15 is 0 Å². The number of benzene rings is 8. The molecule has 3 aliphatic rings. The SMILES string of the molecule is Cc1c2c3c(cccc3c3cc(-c4ccc5c(c4)C(C)(C)c4ccccc4-5)ccc13)Sc1cc(-c3ccc4c(c3)C(C)(C)c3ccccc3-4)ccc1-2. The highest BCUT2D eigenvalue weighted by Gasteiger charge is 2.36. The molecule has 0 saturated heterocycles. The number of hydrogen-bond acceptors (Lipinski definition) is 1. The Bertz CT molecular complexity index is 2880. The molecule has 248 valence electrons. The van der Waals surface area contributed by atoms with Gasteiger partial charge in [-0.3, -0.25) is 0 Å². The van der Waals surface area contributed by atoms with E-state index in [0.717, 1.165) is 0 Å². The largest absolute Gasteiger partial charge is 0.0888 e. The lowest BCUT2D eigenvalue weighted by Crippen LogP contribution is -2.14. The molecular formula is C51H38S. The Balaban J connectivity index is 1.03. The highest BCUT2D eigenvalue weighted by molar-refractivity contribution is 7.99. The van der Waals surface area contributed by atoms with Gasteiger partial charge in [0.05, 0.1) is 0 Å². The predicted octanol–water partition coefficient (Wildman–Crippen LogP) is 14.4. The third kappa shape index (κ3) is 3.95. The first kappa shape index (κ1) is 30.3. The fourth-order valence-corrected chi connectivity index (χ4v) is 11.1. The molecule has 1 heteroatoms. The highest BCUT2D eigenvalue weighted by Crippen LogP contribution is 2.54. The minimum Gasteiger partial charge on any atom is -0.0888 e. The third-order valence-electron chi connectivity index (χ3n) is 12.7. The summed E-state index contributed by atoms with van der Waals surface area (Å²) in [5.41, 5.74) is 20.3. The van der Waals surface area contributed by atoms with Crippen molar-refractivity contribution < 1.29 is 0 Å². The fourth-order valence-electron chi connectivity index (χ4n) is 9.91. The molecule has 8 aromatic carbocycles. The summed E-state index contributed by atoms with van der Waals surface area (Å²) < 4.78 is 0. The van der Waals surface area contributed by atoms with E-state index in [1.165, 1.54) is 115 Å². The zero-order valence-corrected chi connectivity index (χ0v) is 31.0. The van der Waals surface area contributed by atoms with Gasteiger partial charge in [-0.05, 0) is 137 Å². The predicted molar refractivity (Wildman–Crippen MR) is 222 cm³/mol. The molecule has 0 bridgehead atoms. The van der Waals surface area contributed by atoms with E-state index in [1.807, 2.05) is 11.8 Å². The van der Waals surface area contributed by atoms with Crippen LogP contribution in [-0.2, 0) is 10.8 Å². The van der Waals surface area contributed by atoms with Crippen LogP contribution in [0.3, 0.4) is 0 Å². The number of hydrogen-bond donors (Lipinski definition) is 0. The van der Waals surface area contributed by atoms with Crippen LogP contribution >= 0.6 is 11.8 Å². The van der Waals surface area contributed by atoms with Crippen molar-refractivity contribution in [2.24, 2.45) is 0 Å². The average Bonchev–Trinajstić information content (AvgIpc) is 3.54. The van der Waals surface area contributed by atoms with Crippen LogP contribution in [0.4, 0.5) is 0 Å². The van der Waals surface area contributed by atoms with Crippen LogP contribution in [0, 0.1) is 6.92 Å². The van der Waals surface area contributed by atoms with Crippen molar-refractivity contribution in [1.29, 1.82) is 0 Å². The Morgan fingerprint density at radius 1 is 0.385 bits per heavy atom. The number of rotatable bonds is 2. The van der Waals surface area contributed by atoms with Gasteiger partial charge in [0.1, 0.15) is 0 Å². The first-order valence-corrected chi connectivity index (χ1v) is 19.3. The quantitative estimate of drug-likeness (QED) is 0.164. The van der Waals surface area contributed by atoms with Crippen LogP contribution in [0.25, 0.3) is 77.2 Å².